The first-order valence-corrected chi connectivity index (χ1v) is 5.27. The molecule has 80 valence electrons. The van der Waals surface area contributed by atoms with Crippen LogP contribution in [0.3, 0.4) is 0 Å². The second-order valence-corrected chi connectivity index (χ2v) is 4.02. The van der Waals surface area contributed by atoms with Crippen LogP contribution in [0.4, 0.5) is 0 Å². The van der Waals surface area contributed by atoms with Crippen molar-refractivity contribution in [3.63, 3.8) is 0 Å². The first kappa shape index (κ1) is 11.7. The molecule has 2 nitrogen and oxygen atoms in total. The molecule has 0 heterocycles. The van der Waals surface area contributed by atoms with Crippen LogP contribution < -0.4 is 5.73 Å². The first-order valence-electron chi connectivity index (χ1n) is 5.27. The Kier molecular flexibility index (Phi) is 3.88. The Balaban J connectivity index is 2.96. The number of hydrogen-bond donors (Lipinski definition) is 1. The molecule has 1 aromatic rings. The third-order valence-corrected chi connectivity index (χ3v) is 3.07. The fourth-order valence-electron chi connectivity index (χ4n) is 1.75. The van der Waals surface area contributed by atoms with Crippen LogP contribution in [0.25, 0.3) is 0 Å². The Morgan fingerprint density at radius 1 is 1.27 bits per heavy atom. The zero-order valence-electron chi connectivity index (χ0n) is 9.67. The zero-order valence-corrected chi connectivity index (χ0v) is 9.67. The van der Waals surface area contributed by atoms with Crippen LogP contribution >= 0.6 is 0 Å². The number of nitrogens with zero attached hydrogens (tertiary/aromatic N) is 1. The van der Waals surface area contributed by atoms with Crippen molar-refractivity contribution in [1.82, 2.24) is 0 Å². The normalized spacial score (nSPS) is 12.2. The summed E-state index contributed by atoms with van der Waals surface area (Å²) >= 11 is 0. The molecule has 0 fully saturated rings. The van der Waals surface area contributed by atoms with Crippen molar-refractivity contribution in [3.8, 4) is 6.07 Å². The number of hydrogen-bond acceptors (Lipinski definition) is 2. The van der Waals surface area contributed by atoms with Crippen LogP contribution in [0.15, 0.2) is 12.1 Å². The lowest BCUT2D eigenvalue weighted by molar-refractivity contribution is 0.660. The van der Waals surface area contributed by atoms with Gasteiger partial charge in [0, 0.05) is 12.5 Å². The van der Waals surface area contributed by atoms with Gasteiger partial charge in [-0.05, 0) is 49.4 Å². The molecular formula is C13H18N2. The van der Waals surface area contributed by atoms with Gasteiger partial charge in [-0.2, -0.15) is 5.26 Å². The molecule has 1 unspecified atom stereocenters. The molecule has 0 saturated heterocycles. The fraction of sp³-hybridized carbons (Fsp3) is 0.462. The highest BCUT2D eigenvalue weighted by molar-refractivity contribution is 5.40. The van der Waals surface area contributed by atoms with Gasteiger partial charge in [0.05, 0.1) is 6.07 Å². The minimum Gasteiger partial charge on any atom is -0.324 e. The predicted octanol–water partition coefficient (Wildman–Crippen LogP) is 2.92. The van der Waals surface area contributed by atoms with Crippen LogP contribution in [-0.4, -0.2) is 0 Å². The molecule has 0 aromatic heterocycles. The monoisotopic (exact) mass is 202 g/mol. The lowest BCUT2D eigenvalue weighted by Gasteiger charge is -2.16. The molecule has 0 aliphatic rings. The summed E-state index contributed by atoms with van der Waals surface area (Å²) < 4.78 is 0. The highest BCUT2D eigenvalue weighted by atomic mass is 14.6. The van der Waals surface area contributed by atoms with E-state index in [1.54, 1.807) is 0 Å². The maximum Gasteiger partial charge on any atom is 0.0622 e. The van der Waals surface area contributed by atoms with Crippen LogP contribution in [0.5, 0.6) is 0 Å². The quantitative estimate of drug-likeness (QED) is 0.819. The van der Waals surface area contributed by atoms with E-state index in [9.17, 15) is 0 Å². The molecule has 0 aliphatic carbocycles. The standard InChI is InChI=1S/C13H18N2/c1-9-6-7-12(11(3)10(9)2)13(15)5-4-8-14/h6-7,13H,4-5,15H2,1-3H3. The van der Waals surface area contributed by atoms with Gasteiger partial charge in [-0.25, -0.2) is 0 Å². The van der Waals surface area contributed by atoms with E-state index in [-0.39, 0.29) is 6.04 Å². The Morgan fingerprint density at radius 2 is 1.93 bits per heavy atom. The molecule has 0 spiro atoms. The van der Waals surface area contributed by atoms with E-state index in [4.69, 9.17) is 11.0 Å². The number of nitrogens with two attached hydrogens (primary N) is 1. The molecule has 2 N–H and O–H groups in total. The van der Waals surface area contributed by atoms with Crippen molar-refractivity contribution in [3.05, 3.63) is 34.4 Å². The van der Waals surface area contributed by atoms with Gasteiger partial charge < -0.3 is 5.73 Å². The van der Waals surface area contributed by atoms with Gasteiger partial charge in [0.2, 0.25) is 0 Å². The van der Waals surface area contributed by atoms with Gasteiger partial charge in [0.1, 0.15) is 0 Å². The second kappa shape index (κ2) is 4.95. The molecule has 1 rings (SSSR count). The van der Waals surface area contributed by atoms with Gasteiger partial charge in [-0.15, -0.1) is 0 Å². The van der Waals surface area contributed by atoms with Crippen molar-refractivity contribution in [2.75, 3.05) is 0 Å². The minimum atomic E-state index is -0.0102. The molecule has 0 aliphatic heterocycles. The van der Waals surface area contributed by atoms with Gasteiger partial charge in [0.25, 0.3) is 0 Å². The summed E-state index contributed by atoms with van der Waals surface area (Å²) in [6, 6.07) is 6.31. The summed E-state index contributed by atoms with van der Waals surface area (Å²) in [7, 11) is 0. The SMILES string of the molecule is Cc1ccc(C(N)CCC#N)c(C)c1C. The Bertz CT molecular complexity index is 388. The Morgan fingerprint density at radius 3 is 2.53 bits per heavy atom. The van der Waals surface area contributed by atoms with E-state index in [1.165, 1.54) is 22.3 Å². The molecule has 1 atom stereocenters. The van der Waals surface area contributed by atoms with Gasteiger partial charge in [0.15, 0.2) is 0 Å². The fourth-order valence-corrected chi connectivity index (χ4v) is 1.75. The number of rotatable bonds is 3. The molecule has 0 radical (unpaired) electrons. The van der Waals surface area contributed by atoms with Crippen molar-refractivity contribution in [2.24, 2.45) is 5.73 Å². The molecule has 0 amide bonds. The number of aryl methyl sites for hydroxylation is 1. The third kappa shape index (κ3) is 2.57. The molecule has 0 saturated carbocycles. The third-order valence-electron chi connectivity index (χ3n) is 3.07. The van der Waals surface area contributed by atoms with Crippen LogP contribution in [-0.2, 0) is 0 Å². The Labute approximate surface area is 91.7 Å². The first-order chi connectivity index (χ1) is 7.07. The van der Waals surface area contributed by atoms with E-state index < -0.39 is 0 Å². The number of nitriles is 1. The zero-order chi connectivity index (χ0) is 11.4. The van der Waals surface area contributed by atoms with E-state index in [0.717, 1.165) is 6.42 Å². The predicted molar refractivity (Wildman–Crippen MR) is 62.4 cm³/mol. The van der Waals surface area contributed by atoms with E-state index in [2.05, 4.69) is 39.0 Å². The van der Waals surface area contributed by atoms with E-state index in [1.807, 2.05) is 0 Å². The highest BCUT2D eigenvalue weighted by Crippen LogP contribution is 2.24. The lowest BCUT2D eigenvalue weighted by atomic mass is 9.93. The number of benzene rings is 1. The van der Waals surface area contributed by atoms with E-state index in [0.29, 0.717) is 6.42 Å². The average molecular weight is 202 g/mol. The van der Waals surface area contributed by atoms with Gasteiger partial charge in [-0.1, -0.05) is 12.1 Å². The second-order valence-electron chi connectivity index (χ2n) is 4.02. The van der Waals surface area contributed by atoms with Crippen LogP contribution in [0.2, 0.25) is 0 Å². The van der Waals surface area contributed by atoms with Crippen LogP contribution in [0.1, 0.15) is 41.1 Å². The van der Waals surface area contributed by atoms with Gasteiger partial charge in [-0.3, -0.25) is 0 Å². The van der Waals surface area contributed by atoms with Crippen molar-refractivity contribution in [1.29, 1.82) is 5.26 Å². The molecular weight excluding hydrogens is 184 g/mol. The maximum absolute atomic E-state index is 8.52. The van der Waals surface area contributed by atoms with Gasteiger partial charge >= 0.3 is 0 Å². The average Bonchev–Trinajstić information content (AvgIpc) is 2.23. The van der Waals surface area contributed by atoms with Crippen molar-refractivity contribution in [2.45, 2.75) is 39.7 Å². The minimum absolute atomic E-state index is 0.0102. The Hall–Kier alpha value is -1.33. The van der Waals surface area contributed by atoms with Crippen LogP contribution in [0, 0.1) is 32.1 Å². The maximum atomic E-state index is 8.52. The topological polar surface area (TPSA) is 49.8 Å². The van der Waals surface area contributed by atoms with E-state index >= 15 is 0 Å². The molecule has 1 aromatic carbocycles. The smallest absolute Gasteiger partial charge is 0.0622 e. The summed E-state index contributed by atoms with van der Waals surface area (Å²) in [6.45, 7) is 6.32. The van der Waals surface area contributed by atoms with Crippen molar-refractivity contribution >= 4 is 0 Å². The summed E-state index contributed by atoms with van der Waals surface area (Å²) in [5.41, 5.74) is 11.1. The largest absolute Gasteiger partial charge is 0.324 e. The lowest BCUT2D eigenvalue weighted by Crippen LogP contribution is -2.12. The summed E-state index contributed by atoms with van der Waals surface area (Å²) in [4.78, 5) is 0. The van der Waals surface area contributed by atoms with Crippen molar-refractivity contribution < 1.29 is 0 Å². The summed E-state index contributed by atoms with van der Waals surface area (Å²) in [5.74, 6) is 0. The summed E-state index contributed by atoms with van der Waals surface area (Å²) in [5, 5.41) is 8.52. The molecule has 15 heavy (non-hydrogen) atoms. The molecule has 2 heteroatoms. The summed E-state index contributed by atoms with van der Waals surface area (Å²) in [6.07, 6.45) is 1.26. The molecule has 0 bridgehead atoms. The highest BCUT2D eigenvalue weighted by Gasteiger charge is 2.10.